The Morgan fingerprint density at radius 2 is 1.71 bits per heavy atom. The fourth-order valence-electron chi connectivity index (χ4n) is 3.34. The molecule has 0 N–H and O–H groups in total. The minimum absolute atomic E-state index is 0.291. The molecule has 0 aliphatic rings. The van der Waals surface area contributed by atoms with E-state index in [0.717, 1.165) is 22.0 Å². The first-order chi connectivity index (χ1) is 13.7. The number of benzene rings is 3. The lowest BCUT2D eigenvalue weighted by Gasteiger charge is -2.07. The number of nitriles is 1. The summed E-state index contributed by atoms with van der Waals surface area (Å²) in [4.78, 5) is 0. The van der Waals surface area contributed by atoms with Crippen LogP contribution in [-0.4, -0.2) is 4.57 Å². The first-order valence-corrected chi connectivity index (χ1v) is 9.23. The highest BCUT2D eigenvalue weighted by atomic mass is 35.5. The second-order valence-electron chi connectivity index (χ2n) is 6.47. The molecule has 0 amide bonds. The van der Waals surface area contributed by atoms with Crippen molar-refractivity contribution < 1.29 is 4.39 Å². The summed E-state index contributed by atoms with van der Waals surface area (Å²) in [6, 6.07) is 24.1. The molecule has 0 saturated carbocycles. The van der Waals surface area contributed by atoms with Gasteiger partial charge in [0.25, 0.3) is 0 Å². The Kier molecular flexibility index (Phi) is 4.97. The van der Waals surface area contributed by atoms with E-state index >= 15 is 0 Å². The number of para-hydroxylation sites is 1. The van der Waals surface area contributed by atoms with E-state index in [9.17, 15) is 9.65 Å². The number of hydrogen-bond acceptors (Lipinski definition) is 1. The summed E-state index contributed by atoms with van der Waals surface area (Å²) < 4.78 is 16.3. The fourth-order valence-corrected chi connectivity index (χ4v) is 3.53. The van der Waals surface area contributed by atoms with Crippen LogP contribution in [0.1, 0.15) is 16.7 Å². The van der Waals surface area contributed by atoms with Gasteiger partial charge in [-0.15, -0.1) is 0 Å². The number of halogens is 2. The first kappa shape index (κ1) is 18.0. The van der Waals surface area contributed by atoms with E-state index in [1.807, 2.05) is 54.7 Å². The van der Waals surface area contributed by atoms with E-state index in [1.165, 1.54) is 6.07 Å². The Hall–Kier alpha value is -3.35. The lowest BCUT2D eigenvalue weighted by molar-refractivity contribution is 0.624. The predicted molar refractivity (Wildman–Crippen MR) is 112 cm³/mol. The van der Waals surface area contributed by atoms with Gasteiger partial charge in [0.05, 0.1) is 11.6 Å². The zero-order valence-electron chi connectivity index (χ0n) is 14.9. The van der Waals surface area contributed by atoms with Crippen molar-refractivity contribution in [3.63, 3.8) is 0 Å². The van der Waals surface area contributed by atoms with Gasteiger partial charge in [0.1, 0.15) is 5.82 Å². The molecule has 4 heteroatoms. The van der Waals surface area contributed by atoms with Gasteiger partial charge in [-0.2, -0.15) is 5.26 Å². The lowest BCUT2D eigenvalue weighted by atomic mass is 10.0. The van der Waals surface area contributed by atoms with E-state index in [4.69, 9.17) is 11.6 Å². The number of allylic oxidation sites excluding steroid dienone is 1. The maximum Gasteiger partial charge on any atom is 0.131 e. The molecule has 0 atom stereocenters. The molecule has 2 nitrogen and oxygen atoms in total. The van der Waals surface area contributed by atoms with Gasteiger partial charge >= 0.3 is 0 Å². The van der Waals surface area contributed by atoms with Gasteiger partial charge in [0, 0.05) is 39.8 Å². The van der Waals surface area contributed by atoms with E-state index in [-0.39, 0.29) is 0 Å². The lowest BCUT2D eigenvalue weighted by Crippen LogP contribution is -1.98. The molecule has 1 heterocycles. The molecule has 0 saturated heterocycles. The quantitative estimate of drug-likeness (QED) is 0.366. The molecule has 28 heavy (non-hydrogen) atoms. The molecule has 0 bridgehead atoms. The van der Waals surface area contributed by atoms with Crippen LogP contribution in [0, 0.1) is 17.1 Å². The molecule has 4 aromatic rings. The number of aromatic nitrogens is 1. The molecule has 1 aromatic heterocycles. The molecule has 136 valence electrons. The zero-order valence-corrected chi connectivity index (χ0v) is 15.7. The van der Waals surface area contributed by atoms with Gasteiger partial charge in [0.15, 0.2) is 0 Å². The average Bonchev–Trinajstić information content (AvgIpc) is 3.06. The third-order valence-corrected chi connectivity index (χ3v) is 5.07. The van der Waals surface area contributed by atoms with Gasteiger partial charge in [-0.3, -0.25) is 0 Å². The fraction of sp³-hybridized carbons (Fsp3) is 0.0417. The Morgan fingerprint density at radius 3 is 2.50 bits per heavy atom. The number of rotatable bonds is 4. The summed E-state index contributed by atoms with van der Waals surface area (Å²) in [5.74, 6) is -0.407. The summed E-state index contributed by atoms with van der Waals surface area (Å²) in [5, 5.41) is 11.3. The summed E-state index contributed by atoms with van der Waals surface area (Å²) in [6.45, 7) is 0.607. The third kappa shape index (κ3) is 3.43. The van der Waals surface area contributed by atoms with Crippen LogP contribution >= 0.6 is 11.6 Å². The van der Waals surface area contributed by atoms with Crippen molar-refractivity contribution in [1.29, 1.82) is 5.26 Å². The van der Waals surface area contributed by atoms with Crippen LogP contribution in [0.25, 0.3) is 22.6 Å². The van der Waals surface area contributed by atoms with Crippen LogP contribution in [0.3, 0.4) is 0 Å². The SMILES string of the molecule is N#C/C(=C/c1cn(Cc2ccccc2Cl)c2ccccc12)c1ccccc1F. The molecular formula is C24H16ClFN2. The number of nitrogens with zero attached hydrogens (tertiary/aromatic N) is 2. The largest absolute Gasteiger partial charge is 0.342 e. The maximum absolute atomic E-state index is 14.2. The standard InChI is InChI=1S/C24H16ClFN2/c25-22-10-4-1-7-17(22)15-28-16-19(21-9-3-6-12-24(21)28)13-18(14-27)20-8-2-5-11-23(20)26/h1-13,16H,15H2/b18-13-. The first-order valence-electron chi connectivity index (χ1n) is 8.85. The minimum atomic E-state index is -0.407. The topological polar surface area (TPSA) is 28.7 Å². The zero-order chi connectivity index (χ0) is 19.5. The molecule has 0 fully saturated rings. The second-order valence-corrected chi connectivity index (χ2v) is 6.88. The molecule has 3 aromatic carbocycles. The Morgan fingerprint density at radius 1 is 1.00 bits per heavy atom. The molecule has 0 spiro atoms. The van der Waals surface area contributed by atoms with Crippen molar-refractivity contribution in [2.24, 2.45) is 0 Å². The van der Waals surface area contributed by atoms with E-state index < -0.39 is 5.82 Å². The number of fused-ring (bicyclic) bond motifs is 1. The third-order valence-electron chi connectivity index (χ3n) is 4.70. The second kappa shape index (κ2) is 7.72. The molecule has 0 unspecified atom stereocenters. The van der Waals surface area contributed by atoms with Crippen molar-refractivity contribution in [3.8, 4) is 6.07 Å². The predicted octanol–water partition coefficient (Wildman–Crippen LogP) is 6.55. The summed E-state index contributed by atoms with van der Waals surface area (Å²) in [7, 11) is 0. The Labute approximate surface area is 167 Å². The summed E-state index contributed by atoms with van der Waals surface area (Å²) in [5.41, 5.74) is 3.49. The van der Waals surface area contributed by atoms with Gasteiger partial charge < -0.3 is 4.57 Å². The van der Waals surface area contributed by atoms with Crippen LogP contribution in [0.4, 0.5) is 4.39 Å². The summed E-state index contributed by atoms with van der Waals surface area (Å²) >= 11 is 6.33. The normalized spacial score (nSPS) is 11.5. The van der Waals surface area contributed by atoms with Crippen molar-refractivity contribution in [2.75, 3.05) is 0 Å². The van der Waals surface area contributed by atoms with Crippen LogP contribution in [0.5, 0.6) is 0 Å². The Bertz CT molecular complexity index is 1230. The van der Waals surface area contributed by atoms with Crippen molar-refractivity contribution in [2.45, 2.75) is 6.54 Å². The van der Waals surface area contributed by atoms with E-state index in [0.29, 0.717) is 22.7 Å². The van der Waals surface area contributed by atoms with Crippen molar-refractivity contribution in [1.82, 2.24) is 4.57 Å². The van der Waals surface area contributed by atoms with Crippen LogP contribution in [0.15, 0.2) is 79.0 Å². The molecular weight excluding hydrogens is 371 g/mol. The maximum atomic E-state index is 14.2. The Balaban J connectivity index is 1.84. The van der Waals surface area contributed by atoms with Gasteiger partial charge in [0.2, 0.25) is 0 Å². The van der Waals surface area contributed by atoms with Gasteiger partial charge in [-0.25, -0.2) is 4.39 Å². The molecule has 0 aliphatic carbocycles. The average molecular weight is 387 g/mol. The highest BCUT2D eigenvalue weighted by Crippen LogP contribution is 2.28. The van der Waals surface area contributed by atoms with Crippen LogP contribution in [0.2, 0.25) is 5.02 Å². The smallest absolute Gasteiger partial charge is 0.131 e. The highest BCUT2D eigenvalue weighted by molar-refractivity contribution is 6.31. The van der Waals surface area contributed by atoms with E-state index in [1.54, 1.807) is 24.3 Å². The van der Waals surface area contributed by atoms with Crippen LogP contribution in [-0.2, 0) is 6.54 Å². The summed E-state index contributed by atoms with van der Waals surface area (Å²) in [6.07, 6.45) is 3.72. The molecule has 0 aliphatic heterocycles. The van der Waals surface area contributed by atoms with Gasteiger partial charge in [-0.05, 0) is 29.8 Å². The van der Waals surface area contributed by atoms with Crippen molar-refractivity contribution in [3.05, 3.63) is 107 Å². The van der Waals surface area contributed by atoms with Gasteiger partial charge in [-0.1, -0.05) is 66.2 Å². The monoisotopic (exact) mass is 386 g/mol. The molecule has 0 radical (unpaired) electrons. The molecule has 4 rings (SSSR count). The minimum Gasteiger partial charge on any atom is -0.342 e. The van der Waals surface area contributed by atoms with Crippen molar-refractivity contribution >= 4 is 34.2 Å². The van der Waals surface area contributed by atoms with E-state index in [2.05, 4.69) is 10.6 Å². The number of hydrogen-bond donors (Lipinski definition) is 0. The highest BCUT2D eigenvalue weighted by Gasteiger charge is 2.12. The van der Waals surface area contributed by atoms with Crippen LogP contribution < -0.4 is 0 Å².